The molecule has 29 heavy (non-hydrogen) atoms. The third kappa shape index (κ3) is 5.45. The Morgan fingerprint density at radius 3 is 2.24 bits per heavy atom. The number of anilines is 1. The number of rotatable bonds is 7. The van der Waals surface area contributed by atoms with E-state index in [0.29, 0.717) is 24.1 Å². The Morgan fingerprint density at radius 2 is 1.55 bits per heavy atom. The number of carbonyl (C=O) groups is 2. The zero-order valence-corrected chi connectivity index (χ0v) is 16.3. The number of ether oxygens (including phenoxy) is 1. The Morgan fingerprint density at radius 1 is 0.897 bits per heavy atom. The fourth-order valence-electron chi connectivity index (χ4n) is 3.17. The first-order valence-electron chi connectivity index (χ1n) is 9.41. The van der Waals surface area contributed by atoms with Gasteiger partial charge in [0.05, 0.1) is 7.11 Å². The predicted octanol–water partition coefficient (Wildman–Crippen LogP) is 3.37. The van der Waals surface area contributed by atoms with Gasteiger partial charge in [0, 0.05) is 17.7 Å². The van der Waals surface area contributed by atoms with E-state index in [-0.39, 0.29) is 5.91 Å². The van der Waals surface area contributed by atoms with Gasteiger partial charge in [0.2, 0.25) is 0 Å². The maximum Gasteiger partial charge on any atom is 0.328 e. The first-order valence-corrected chi connectivity index (χ1v) is 9.41. The zero-order valence-electron chi connectivity index (χ0n) is 16.3. The van der Waals surface area contributed by atoms with E-state index < -0.39 is 12.0 Å². The lowest BCUT2D eigenvalue weighted by Gasteiger charge is -2.18. The van der Waals surface area contributed by atoms with Crippen LogP contribution in [-0.4, -0.2) is 25.0 Å². The number of amides is 1. The van der Waals surface area contributed by atoms with Gasteiger partial charge in [-0.3, -0.25) is 4.79 Å². The minimum atomic E-state index is -0.791. The van der Waals surface area contributed by atoms with Gasteiger partial charge in [-0.25, -0.2) is 4.79 Å². The predicted molar refractivity (Wildman–Crippen MR) is 114 cm³/mol. The SMILES string of the molecule is COC(=O)C(Cc1ccc(N)cc1)NC(=O)c1ccccc1Cc1ccccc1. The normalized spacial score (nSPS) is 11.5. The fraction of sp³-hybridized carbons (Fsp3) is 0.167. The van der Waals surface area contributed by atoms with Crippen LogP contribution in [0.5, 0.6) is 0 Å². The van der Waals surface area contributed by atoms with Crippen molar-refractivity contribution in [2.24, 2.45) is 0 Å². The van der Waals surface area contributed by atoms with E-state index in [0.717, 1.165) is 16.7 Å². The quantitative estimate of drug-likeness (QED) is 0.480. The smallest absolute Gasteiger partial charge is 0.328 e. The van der Waals surface area contributed by atoms with Crippen molar-refractivity contribution in [2.45, 2.75) is 18.9 Å². The average molecular weight is 388 g/mol. The second kappa shape index (κ2) is 9.55. The maximum atomic E-state index is 13.0. The summed E-state index contributed by atoms with van der Waals surface area (Å²) in [5.41, 5.74) is 9.79. The van der Waals surface area contributed by atoms with E-state index in [2.05, 4.69) is 5.32 Å². The molecule has 5 heteroatoms. The lowest BCUT2D eigenvalue weighted by molar-refractivity contribution is -0.142. The number of carbonyl (C=O) groups excluding carboxylic acids is 2. The highest BCUT2D eigenvalue weighted by atomic mass is 16.5. The first-order chi connectivity index (χ1) is 14.1. The summed E-state index contributed by atoms with van der Waals surface area (Å²) in [6.07, 6.45) is 0.949. The monoisotopic (exact) mass is 388 g/mol. The standard InChI is InChI=1S/C24H24N2O3/c1-29-24(28)22(16-18-11-13-20(25)14-12-18)26-23(27)21-10-6-5-9-19(21)15-17-7-3-2-4-8-17/h2-14,22H,15-16,25H2,1H3,(H,26,27). The van der Waals surface area contributed by atoms with Crippen LogP contribution in [-0.2, 0) is 22.4 Å². The Hall–Kier alpha value is -3.60. The molecule has 1 amide bonds. The molecule has 3 N–H and O–H groups in total. The van der Waals surface area contributed by atoms with Crippen molar-refractivity contribution in [2.75, 3.05) is 12.8 Å². The minimum absolute atomic E-state index is 0.303. The maximum absolute atomic E-state index is 13.0. The molecule has 0 aliphatic rings. The van der Waals surface area contributed by atoms with Crippen LogP contribution in [0.3, 0.4) is 0 Å². The van der Waals surface area contributed by atoms with Gasteiger partial charge < -0.3 is 15.8 Å². The number of benzene rings is 3. The van der Waals surface area contributed by atoms with Gasteiger partial charge in [0.15, 0.2) is 0 Å². The molecule has 3 rings (SSSR count). The molecule has 3 aromatic rings. The van der Waals surface area contributed by atoms with Crippen LogP contribution >= 0.6 is 0 Å². The molecule has 0 radical (unpaired) electrons. The molecule has 0 fully saturated rings. The highest BCUT2D eigenvalue weighted by Gasteiger charge is 2.23. The van der Waals surface area contributed by atoms with Crippen molar-refractivity contribution in [1.82, 2.24) is 5.32 Å². The second-order valence-electron chi connectivity index (χ2n) is 6.81. The lowest BCUT2D eigenvalue weighted by Crippen LogP contribution is -2.43. The number of nitrogen functional groups attached to an aromatic ring is 1. The van der Waals surface area contributed by atoms with Crippen LogP contribution in [0.15, 0.2) is 78.9 Å². The summed E-state index contributed by atoms with van der Waals surface area (Å²) in [5.74, 6) is -0.793. The molecule has 0 aliphatic heterocycles. The number of esters is 1. The summed E-state index contributed by atoms with van der Waals surface area (Å²) in [6.45, 7) is 0. The van der Waals surface area contributed by atoms with Crippen LogP contribution in [0, 0.1) is 0 Å². The van der Waals surface area contributed by atoms with Crippen LogP contribution in [0.2, 0.25) is 0 Å². The number of hydrogen-bond acceptors (Lipinski definition) is 4. The number of nitrogens with one attached hydrogen (secondary N) is 1. The molecular weight excluding hydrogens is 364 g/mol. The van der Waals surface area contributed by atoms with E-state index in [1.165, 1.54) is 7.11 Å². The van der Waals surface area contributed by atoms with Crippen molar-refractivity contribution in [3.63, 3.8) is 0 Å². The molecular formula is C24H24N2O3. The summed E-state index contributed by atoms with van der Waals surface area (Å²) in [4.78, 5) is 25.3. The van der Waals surface area contributed by atoms with E-state index >= 15 is 0 Å². The van der Waals surface area contributed by atoms with Crippen LogP contribution in [0.1, 0.15) is 27.0 Å². The van der Waals surface area contributed by atoms with Crippen molar-refractivity contribution < 1.29 is 14.3 Å². The lowest BCUT2D eigenvalue weighted by atomic mass is 9.98. The Kier molecular flexibility index (Phi) is 6.63. The molecule has 3 aromatic carbocycles. The summed E-state index contributed by atoms with van der Waals surface area (Å²) in [5, 5.41) is 2.83. The van der Waals surface area contributed by atoms with Crippen LogP contribution in [0.25, 0.3) is 0 Å². The average Bonchev–Trinajstić information content (AvgIpc) is 2.75. The van der Waals surface area contributed by atoms with Crippen molar-refractivity contribution >= 4 is 17.6 Å². The second-order valence-corrected chi connectivity index (χ2v) is 6.81. The number of nitrogens with two attached hydrogens (primary N) is 1. The molecule has 0 bridgehead atoms. The van der Waals surface area contributed by atoms with Gasteiger partial charge in [-0.05, 0) is 41.3 Å². The minimum Gasteiger partial charge on any atom is -0.467 e. The first kappa shape index (κ1) is 20.1. The summed E-state index contributed by atoms with van der Waals surface area (Å²) in [7, 11) is 1.31. The van der Waals surface area contributed by atoms with Crippen molar-refractivity contribution in [3.05, 3.63) is 101 Å². The van der Waals surface area contributed by atoms with Crippen LogP contribution < -0.4 is 11.1 Å². The van der Waals surface area contributed by atoms with Gasteiger partial charge in [-0.15, -0.1) is 0 Å². The molecule has 148 valence electrons. The molecule has 0 aromatic heterocycles. The molecule has 0 saturated carbocycles. The van der Waals surface area contributed by atoms with Crippen molar-refractivity contribution in [1.29, 1.82) is 0 Å². The van der Waals surface area contributed by atoms with E-state index in [1.54, 1.807) is 18.2 Å². The van der Waals surface area contributed by atoms with Gasteiger partial charge in [-0.2, -0.15) is 0 Å². The summed E-state index contributed by atoms with van der Waals surface area (Å²) >= 11 is 0. The van der Waals surface area contributed by atoms with Gasteiger partial charge in [-0.1, -0.05) is 60.7 Å². The fourth-order valence-corrected chi connectivity index (χ4v) is 3.17. The van der Waals surface area contributed by atoms with Gasteiger partial charge >= 0.3 is 5.97 Å². The molecule has 5 nitrogen and oxygen atoms in total. The summed E-state index contributed by atoms with van der Waals surface area (Å²) in [6, 6.07) is 23.8. The topological polar surface area (TPSA) is 81.4 Å². The molecule has 0 saturated heterocycles. The van der Waals surface area contributed by atoms with Gasteiger partial charge in [0.1, 0.15) is 6.04 Å². The highest BCUT2D eigenvalue weighted by molar-refractivity contribution is 5.98. The highest BCUT2D eigenvalue weighted by Crippen LogP contribution is 2.16. The Bertz CT molecular complexity index is 969. The number of hydrogen-bond donors (Lipinski definition) is 2. The third-order valence-electron chi connectivity index (χ3n) is 4.71. The molecule has 0 spiro atoms. The Balaban J connectivity index is 1.79. The van der Waals surface area contributed by atoms with Gasteiger partial charge in [0.25, 0.3) is 5.91 Å². The molecule has 0 aliphatic carbocycles. The van der Waals surface area contributed by atoms with Crippen LogP contribution in [0.4, 0.5) is 5.69 Å². The van der Waals surface area contributed by atoms with E-state index in [9.17, 15) is 9.59 Å². The van der Waals surface area contributed by atoms with E-state index in [4.69, 9.17) is 10.5 Å². The molecule has 1 unspecified atom stereocenters. The zero-order chi connectivity index (χ0) is 20.6. The molecule has 1 atom stereocenters. The number of methoxy groups -OCH3 is 1. The third-order valence-corrected chi connectivity index (χ3v) is 4.71. The van der Waals surface area contributed by atoms with Crippen molar-refractivity contribution in [3.8, 4) is 0 Å². The summed E-state index contributed by atoms with van der Waals surface area (Å²) < 4.78 is 4.89. The Labute approximate surface area is 170 Å². The van der Waals surface area contributed by atoms with E-state index in [1.807, 2.05) is 60.7 Å². The largest absolute Gasteiger partial charge is 0.467 e. The molecule has 0 heterocycles.